The molecule has 1 aliphatic carbocycles. The second kappa shape index (κ2) is 8.78. The molecule has 8 heteroatoms. The predicted molar refractivity (Wildman–Crippen MR) is 107 cm³/mol. The normalized spacial score (nSPS) is 13.2. The molecular weight excluding hydrogens is 396 g/mol. The lowest BCUT2D eigenvalue weighted by atomic mass is 10.1. The summed E-state index contributed by atoms with van der Waals surface area (Å²) in [5, 5.41) is 4.77. The highest BCUT2D eigenvalue weighted by Gasteiger charge is 2.38. The van der Waals surface area contributed by atoms with E-state index in [0.29, 0.717) is 16.1 Å². The van der Waals surface area contributed by atoms with Crippen molar-refractivity contribution in [3.05, 3.63) is 51.3 Å². The molecule has 2 aromatic rings. The monoisotopic (exact) mass is 418 g/mol. The Bertz CT molecular complexity index is 962. The highest BCUT2D eigenvalue weighted by atomic mass is 35.5. The molecule has 0 bridgehead atoms. The van der Waals surface area contributed by atoms with E-state index >= 15 is 0 Å². The Labute approximate surface area is 173 Å². The number of aromatic nitrogens is 2. The number of Topliss-reactive ketones (excluding diaryl/α,β-unsaturated/α-hetero) is 1. The number of ether oxygens (including phenoxy) is 2. The second-order valence-corrected chi connectivity index (χ2v) is 7.28. The largest absolute Gasteiger partial charge is 0.461 e. The van der Waals surface area contributed by atoms with Crippen LogP contribution in [0.3, 0.4) is 0 Å². The summed E-state index contributed by atoms with van der Waals surface area (Å²) in [4.78, 5) is 37.9. The number of aryl methyl sites for hydroxylation is 1. The maximum atomic E-state index is 12.8. The van der Waals surface area contributed by atoms with Crippen molar-refractivity contribution in [1.82, 2.24) is 9.78 Å². The van der Waals surface area contributed by atoms with E-state index in [9.17, 15) is 14.4 Å². The summed E-state index contributed by atoms with van der Waals surface area (Å²) in [6.07, 6.45) is 1.68. The number of halogens is 1. The number of benzene rings is 1. The summed E-state index contributed by atoms with van der Waals surface area (Å²) in [6, 6.07) is 5.01. The minimum absolute atomic E-state index is 0.0338. The molecule has 1 aliphatic rings. The van der Waals surface area contributed by atoms with Gasteiger partial charge in [-0.1, -0.05) is 23.7 Å². The first kappa shape index (κ1) is 21.0. The average Bonchev–Trinajstić information content (AvgIpc) is 3.45. The summed E-state index contributed by atoms with van der Waals surface area (Å²) < 4.78 is 11.5. The number of carbonyl (C=O) groups is 3. The molecule has 7 nitrogen and oxygen atoms in total. The molecule has 29 heavy (non-hydrogen) atoms. The van der Waals surface area contributed by atoms with E-state index < -0.39 is 11.9 Å². The van der Waals surface area contributed by atoms with Gasteiger partial charge in [-0.3, -0.25) is 4.79 Å². The van der Waals surface area contributed by atoms with Crippen LogP contribution in [0.5, 0.6) is 0 Å². The van der Waals surface area contributed by atoms with E-state index in [1.807, 2.05) is 6.92 Å². The van der Waals surface area contributed by atoms with E-state index in [0.717, 1.165) is 18.4 Å². The SMILES string of the molecule is CCOC(=O)c1nn(CC(=O)c2ccc(C)c(Cl)c2)c(C(=O)OCC)c1C1CC1. The number of hydrogen-bond acceptors (Lipinski definition) is 6. The van der Waals surface area contributed by atoms with Gasteiger partial charge in [0, 0.05) is 16.1 Å². The van der Waals surface area contributed by atoms with Gasteiger partial charge in [0.05, 0.1) is 13.2 Å². The van der Waals surface area contributed by atoms with Crippen LogP contribution in [-0.2, 0) is 16.0 Å². The highest BCUT2D eigenvalue weighted by Crippen LogP contribution is 2.44. The Morgan fingerprint density at radius 3 is 2.38 bits per heavy atom. The van der Waals surface area contributed by atoms with E-state index in [1.54, 1.807) is 32.0 Å². The number of nitrogens with zero attached hydrogens (tertiary/aromatic N) is 2. The zero-order valence-corrected chi connectivity index (χ0v) is 17.4. The third kappa shape index (κ3) is 4.50. The van der Waals surface area contributed by atoms with Crippen LogP contribution in [0.25, 0.3) is 0 Å². The lowest BCUT2D eigenvalue weighted by Gasteiger charge is -2.09. The van der Waals surface area contributed by atoms with Gasteiger partial charge in [0.2, 0.25) is 0 Å². The van der Waals surface area contributed by atoms with Crippen molar-refractivity contribution < 1.29 is 23.9 Å². The van der Waals surface area contributed by atoms with Gasteiger partial charge in [-0.25, -0.2) is 14.3 Å². The van der Waals surface area contributed by atoms with Crippen LogP contribution in [0.2, 0.25) is 5.02 Å². The minimum Gasteiger partial charge on any atom is -0.461 e. The van der Waals surface area contributed by atoms with Crippen LogP contribution in [0.1, 0.15) is 75.1 Å². The molecule has 1 aromatic carbocycles. The molecule has 0 amide bonds. The first-order valence-electron chi connectivity index (χ1n) is 9.61. The standard InChI is InChI=1S/C21H23ClN2O5/c1-4-28-20(26)18-17(13-8-9-13)19(21(27)29-5-2)24(23-18)11-16(25)14-7-6-12(3)15(22)10-14/h6-7,10,13H,4-5,8-9,11H2,1-3H3. The van der Waals surface area contributed by atoms with Crippen LogP contribution >= 0.6 is 11.6 Å². The van der Waals surface area contributed by atoms with Gasteiger partial charge in [-0.05, 0) is 51.2 Å². The summed E-state index contributed by atoms with van der Waals surface area (Å²) >= 11 is 6.13. The molecule has 0 N–H and O–H groups in total. The Morgan fingerprint density at radius 1 is 1.14 bits per heavy atom. The fraction of sp³-hybridized carbons (Fsp3) is 0.429. The molecule has 0 atom stereocenters. The molecule has 0 aliphatic heterocycles. The number of ketones is 1. The zero-order chi connectivity index (χ0) is 21.1. The molecule has 0 spiro atoms. The lowest BCUT2D eigenvalue weighted by molar-refractivity contribution is 0.0505. The number of carbonyl (C=O) groups excluding carboxylic acids is 3. The van der Waals surface area contributed by atoms with Crippen molar-refractivity contribution in [2.75, 3.05) is 13.2 Å². The van der Waals surface area contributed by atoms with Crippen LogP contribution in [0, 0.1) is 6.92 Å². The topological polar surface area (TPSA) is 87.5 Å². The fourth-order valence-electron chi connectivity index (χ4n) is 3.11. The van der Waals surface area contributed by atoms with Gasteiger partial charge in [0.15, 0.2) is 17.2 Å². The van der Waals surface area contributed by atoms with Crippen molar-refractivity contribution in [3.8, 4) is 0 Å². The van der Waals surface area contributed by atoms with Crippen molar-refractivity contribution >= 4 is 29.3 Å². The maximum Gasteiger partial charge on any atom is 0.359 e. The predicted octanol–water partition coefficient (Wildman–Crippen LogP) is 3.96. The Kier molecular flexibility index (Phi) is 6.37. The minimum atomic E-state index is -0.607. The average molecular weight is 419 g/mol. The molecule has 3 rings (SSSR count). The fourth-order valence-corrected chi connectivity index (χ4v) is 3.29. The van der Waals surface area contributed by atoms with Crippen LogP contribution in [0.15, 0.2) is 18.2 Å². The second-order valence-electron chi connectivity index (χ2n) is 6.87. The molecule has 1 heterocycles. The van der Waals surface area contributed by atoms with Gasteiger partial charge >= 0.3 is 11.9 Å². The molecule has 1 fully saturated rings. The highest BCUT2D eigenvalue weighted by molar-refractivity contribution is 6.31. The van der Waals surface area contributed by atoms with Gasteiger partial charge in [-0.2, -0.15) is 5.10 Å². The smallest absolute Gasteiger partial charge is 0.359 e. The summed E-state index contributed by atoms with van der Waals surface area (Å²) in [5.74, 6) is -1.46. The number of esters is 2. The third-order valence-corrected chi connectivity index (χ3v) is 5.11. The van der Waals surface area contributed by atoms with Crippen molar-refractivity contribution in [1.29, 1.82) is 0 Å². The van der Waals surface area contributed by atoms with E-state index in [2.05, 4.69) is 5.10 Å². The van der Waals surface area contributed by atoms with Gasteiger partial charge in [0.1, 0.15) is 6.54 Å². The molecule has 0 saturated heterocycles. The van der Waals surface area contributed by atoms with Crippen molar-refractivity contribution in [3.63, 3.8) is 0 Å². The summed E-state index contributed by atoms with van der Waals surface area (Å²) in [5.41, 5.74) is 1.99. The van der Waals surface area contributed by atoms with Crippen molar-refractivity contribution in [2.24, 2.45) is 0 Å². The maximum absolute atomic E-state index is 12.8. The Hall–Kier alpha value is -2.67. The Balaban J connectivity index is 2.02. The first-order valence-corrected chi connectivity index (χ1v) is 9.99. The first-order chi connectivity index (χ1) is 13.9. The quantitative estimate of drug-likeness (QED) is 0.476. The molecule has 154 valence electrons. The molecule has 1 saturated carbocycles. The van der Waals surface area contributed by atoms with E-state index in [-0.39, 0.29) is 42.8 Å². The lowest BCUT2D eigenvalue weighted by Crippen LogP contribution is -2.19. The van der Waals surface area contributed by atoms with Crippen LogP contribution in [-0.4, -0.2) is 40.7 Å². The molecule has 1 aromatic heterocycles. The van der Waals surface area contributed by atoms with Gasteiger partial charge in [-0.15, -0.1) is 0 Å². The van der Waals surface area contributed by atoms with E-state index in [4.69, 9.17) is 21.1 Å². The van der Waals surface area contributed by atoms with Crippen LogP contribution < -0.4 is 0 Å². The summed E-state index contributed by atoms with van der Waals surface area (Å²) in [7, 11) is 0. The molecule has 0 unspecified atom stereocenters. The molecule has 0 radical (unpaired) electrons. The number of rotatable bonds is 8. The van der Waals surface area contributed by atoms with Crippen molar-refractivity contribution in [2.45, 2.75) is 46.1 Å². The number of hydrogen-bond donors (Lipinski definition) is 0. The van der Waals surface area contributed by atoms with Crippen LogP contribution in [0.4, 0.5) is 0 Å². The van der Waals surface area contributed by atoms with E-state index in [1.165, 1.54) is 4.68 Å². The Morgan fingerprint density at radius 2 is 1.79 bits per heavy atom. The molecular formula is C21H23ClN2O5. The summed E-state index contributed by atoms with van der Waals surface area (Å²) in [6.45, 7) is 5.38. The zero-order valence-electron chi connectivity index (χ0n) is 16.7. The third-order valence-electron chi connectivity index (χ3n) is 4.70. The van der Waals surface area contributed by atoms with Gasteiger partial charge < -0.3 is 9.47 Å². The van der Waals surface area contributed by atoms with Gasteiger partial charge in [0.25, 0.3) is 0 Å².